The molecule has 0 spiro atoms. The fraction of sp³-hybridized carbons (Fsp3) is 0.500. The SMILES string of the molecule is CCCNC(=O)NC(C)(C)C(=O)Nc1ccc(CC)cc1. The fourth-order valence-corrected chi connectivity index (χ4v) is 1.73. The standard InChI is InChI=1S/C16H25N3O2/c1-5-11-17-15(21)19-16(3,4)14(20)18-13-9-7-12(6-2)8-10-13/h7-10H,5-6,11H2,1-4H3,(H,18,20)(H2,17,19,21). The molecule has 0 bridgehead atoms. The van der Waals surface area contributed by atoms with Crippen molar-refractivity contribution in [2.75, 3.05) is 11.9 Å². The van der Waals surface area contributed by atoms with Crippen molar-refractivity contribution in [1.82, 2.24) is 10.6 Å². The number of amides is 3. The molecule has 0 aliphatic carbocycles. The lowest BCUT2D eigenvalue weighted by molar-refractivity contribution is -0.120. The van der Waals surface area contributed by atoms with Crippen LogP contribution in [0.1, 0.15) is 39.7 Å². The minimum atomic E-state index is -0.985. The van der Waals surface area contributed by atoms with Crippen LogP contribution in [0, 0.1) is 0 Å². The van der Waals surface area contributed by atoms with Crippen LogP contribution in [-0.4, -0.2) is 24.0 Å². The number of carbonyl (C=O) groups excluding carboxylic acids is 2. The van der Waals surface area contributed by atoms with Crippen LogP contribution >= 0.6 is 0 Å². The van der Waals surface area contributed by atoms with Gasteiger partial charge in [0.15, 0.2) is 0 Å². The van der Waals surface area contributed by atoms with Crippen molar-refractivity contribution in [1.29, 1.82) is 0 Å². The Bertz CT molecular complexity index is 481. The molecule has 5 heteroatoms. The van der Waals surface area contributed by atoms with Crippen LogP contribution in [0.5, 0.6) is 0 Å². The van der Waals surface area contributed by atoms with Crippen molar-refractivity contribution in [2.24, 2.45) is 0 Å². The Morgan fingerprint density at radius 1 is 1.10 bits per heavy atom. The van der Waals surface area contributed by atoms with Crippen LogP contribution in [0.3, 0.4) is 0 Å². The minimum Gasteiger partial charge on any atom is -0.338 e. The van der Waals surface area contributed by atoms with Gasteiger partial charge in [0, 0.05) is 12.2 Å². The lowest BCUT2D eigenvalue weighted by Gasteiger charge is -2.25. The van der Waals surface area contributed by atoms with Crippen molar-refractivity contribution >= 4 is 17.6 Å². The number of benzene rings is 1. The summed E-state index contributed by atoms with van der Waals surface area (Å²) in [6.07, 6.45) is 1.81. The number of hydrogen-bond donors (Lipinski definition) is 3. The van der Waals surface area contributed by atoms with E-state index in [2.05, 4.69) is 22.9 Å². The van der Waals surface area contributed by atoms with Gasteiger partial charge in [0.05, 0.1) is 0 Å². The van der Waals surface area contributed by atoms with Gasteiger partial charge >= 0.3 is 6.03 Å². The van der Waals surface area contributed by atoms with E-state index in [9.17, 15) is 9.59 Å². The molecule has 0 fully saturated rings. The second kappa shape index (κ2) is 7.67. The molecule has 1 rings (SSSR count). The molecule has 0 aliphatic rings. The predicted molar refractivity (Wildman–Crippen MR) is 85.4 cm³/mol. The van der Waals surface area contributed by atoms with Crippen LogP contribution in [-0.2, 0) is 11.2 Å². The molecule has 0 saturated heterocycles. The third-order valence-corrected chi connectivity index (χ3v) is 3.15. The maximum Gasteiger partial charge on any atom is 0.315 e. The van der Waals surface area contributed by atoms with Crippen molar-refractivity contribution in [3.8, 4) is 0 Å². The quantitative estimate of drug-likeness (QED) is 0.754. The smallest absolute Gasteiger partial charge is 0.315 e. The Kier molecular flexibility index (Phi) is 6.21. The summed E-state index contributed by atoms with van der Waals surface area (Å²) in [5.74, 6) is -0.251. The summed E-state index contributed by atoms with van der Waals surface area (Å²) in [5, 5.41) is 8.18. The van der Waals surface area contributed by atoms with Gasteiger partial charge in [0.25, 0.3) is 0 Å². The average molecular weight is 291 g/mol. The molecule has 116 valence electrons. The molecule has 5 nitrogen and oxygen atoms in total. The van der Waals surface area contributed by atoms with Gasteiger partial charge in [-0.05, 0) is 44.4 Å². The molecule has 1 aromatic rings. The Hall–Kier alpha value is -2.04. The Balaban J connectivity index is 2.61. The molecular formula is C16H25N3O2. The van der Waals surface area contributed by atoms with E-state index in [1.807, 2.05) is 31.2 Å². The Morgan fingerprint density at radius 2 is 1.71 bits per heavy atom. The highest BCUT2D eigenvalue weighted by Gasteiger charge is 2.29. The molecule has 0 aliphatic heterocycles. The summed E-state index contributed by atoms with van der Waals surface area (Å²) < 4.78 is 0. The van der Waals surface area contributed by atoms with Crippen LogP contribution in [0.4, 0.5) is 10.5 Å². The maximum absolute atomic E-state index is 12.2. The van der Waals surface area contributed by atoms with E-state index >= 15 is 0 Å². The normalized spacial score (nSPS) is 10.9. The van der Waals surface area contributed by atoms with Gasteiger partial charge < -0.3 is 16.0 Å². The monoisotopic (exact) mass is 291 g/mol. The number of carbonyl (C=O) groups is 2. The Labute approximate surface area is 126 Å². The lowest BCUT2D eigenvalue weighted by atomic mass is 10.0. The molecule has 0 unspecified atom stereocenters. The highest BCUT2D eigenvalue weighted by atomic mass is 16.2. The lowest BCUT2D eigenvalue weighted by Crippen LogP contribution is -2.55. The van der Waals surface area contributed by atoms with Crippen molar-refractivity contribution in [3.63, 3.8) is 0 Å². The second-order valence-corrected chi connectivity index (χ2v) is 5.51. The summed E-state index contributed by atoms with van der Waals surface area (Å²) in [4.78, 5) is 23.9. The predicted octanol–water partition coefficient (Wildman–Crippen LogP) is 2.68. The van der Waals surface area contributed by atoms with E-state index in [0.29, 0.717) is 6.54 Å². The molecule has 0 aromatic heterocycles. The van der Waals surface area contributed by atoms with Crippen LogP contribution in [0.15, 0.2) is 24.3 Å². The highest BCUT2D eigenvalue weighted by Crippen LogP contribution is 2.13. The van der Waals surface area contributed by atoms with Gasteiger partial charge in [-0.25, -0.2) is 4.79 Å². The van der Waals surface area contributed by atoms with E-state index in [1.54, 1.807) is 13.8 Å². The van der Waals surface area contributed by atoms with Gasteiger partial charge in [-0.1, -0.05) is 26.0 Å². The average Bonchev–Trinajstić information content (AvgIpc) is 2.45. The van der Waals surface area contributed by atoms with E-state index in [-0.39, 0.29) is 11.9 Å². The van der Waals surface area contributed by atoms with Gasteiger partial charge in [-0.3, -0.25) is 4.79 Å². The maximum atomic E-state index is 12.2. The summed E-state index contributed by atoms with van der Waals surface area (Å²) >= 11 is 0. The molecule has 0 heterocycles. The van der Waals surface area contributed by atoms with Gasteiger partial charge in [-0.15, -0.1) is 0 Å². The number of hydrogen-bond acceptors (Lipinski definition) is 2. The van der Waals surface area contributed by atoms with Crippen LogP contribution in [0.25, 0.3) is 0 Å². The molecule has 0 radical (unpaired) electrons. The van der Waals surface area contributed by atoms with Gasteiger partial charge in [0.2, 0.25) is 5.91 Å². The summed E-state index contributed by atoms with van der Waals surface area (Å²) in [6, 6.07) is 7.35. The molecule has 0 saturated carbocycles. The molecule has 3 amide bonds. The number of nitrogens with one attached hydrogen (secondary N) is 3. The van der Waals surface area contributed by atoms with E-state index in [0.717, 1.165) is 18.5 Å². The highest BCUT2D eigenvalue weighted by molar-refractivity contribution is 5.99. The number of anilines is 1. The summed E-state index contributed by atoms with van der Waals surface area (Å²) in [6.45, 7) is 7.98. The van der Waals surface area contributed by atoms with Crippen LogP contribution < -0.4 is 16.0 Å². The first-order valence-corrected chi connectivity index (χ1v) is 7.35. The Morgan fingerprint density at radius 3 is 2.24 bits per heavy atom. The first kappa shape index (κ1) is 17.0. The van der Waals surface area contributed by atoms with Gasteiger partial charge in [-0.2, -0.15) is 0 Å². The van der Waals surface area contributed by atoms with Crippen molar-refractivity contribution in [2.45, 2.75) is 46.1 Å². The molecule has 1 aromatic carbocycles. The number of rotatable bonds is 6. The zero-order chi connectivity index (χ0) is 15.9. The van der Waals surface area contributed by atoms with Crippen molar-refractivity contribution < 1.29 is 9.59 Å². The zero-order valence-electron chi connectivity index (χ0n) is 13.2. The fourth-order valence-electron chi connectivity index (χ4n) is 1.73. The number of aryl methyl sites for hydroxylation is 1. The van der Waals surface area contributed by atoms with E-state index in [1.165, 1.54) is 5.56 Å². The second-order valence-electron chi connectivity index (χ2n) is 5.51. The van der Waals surface area contributed by atoms with Gasteiger partial charge in [0.1, 0.15) is 5.54 Å². The van der Waals surface area contributed by atoms with E-state index in [4.69, 9.17) is 0 Å². The summed E-state index contributed by atoms with van der Waals surface area (Å²) in [7, 11) is 0. The first-order valence-electron chi connectivity index (χ1n) is 7.35. The third-order valence-electron chi connectivity index (χ3n) is 3.15. The summed E-state index contributed by atoms with van der Waals surface area (Å²) in [5.41, 5.74) is 0.951. The van der Waals surface area contributed by atoms with Crippen LogP contribution in [0.2, 0.25) is 0 Å². The van der Waals surface area contributed by atoms with Crippen molar-refractivity contribution in [3.05, 3.63) is 29.8 Å². The first-order chi connectivity index (χ1) is 9.89. The largest absolute Gasteiger partial charge is 0.338 e. The molecular weight excluding hydrogens is 266 g/mol. The molecule has 21 heavy (non-hydrogen) atoms. The minimum absolute atomic E-state index is 0.251. The molecule has 3 N–H and O–H groups in total. The van der Waals surface area contributed by atoms with E-state index < -0.39 is 5.54 Å². The topological polar surface area (TPSA) is 70.2 Å². The zero-order valence-corrected chi connectivity index (χ0v) is 13.2. The third kappa shape index (κ3) is 5.45. The number of urea groups is 1. The molecule has 0 atom stereocenters.